The summed E-state index contributed by atoms with van der Waals surface area (Å²) in [6.07, 6.45) is 2.50. The Bertz CT molecular complexity index is 984. The van der Waals surface area contributed by atoms with Gasteiger partial charge in [-0.05, 0) is 55.3 Å². The van der Waals surface area contributed by atoms with Gasteiger partial charge >= 0.3 is 0 Å². The highest BCUT2D eigenvalue weighted by molar-refractivity contribution is 5.94. The summed E-state index contributed by atoms with van der Waals surface area (Å²) in [7, 11) is 1.52. The zero-order valence-electron chi connectivity index (χ0n) is 19.8. The molecule has 2 aliphatic rings. The molecule has 0 atom stereocenters. The summed E-state index contributed by atoms with van der Waals surface area (Å²) in [5, 5.41) is 3.02. The quantitative estimate of drug-likeness (QED) is 0.610. The van der Waals surface area contributed by atoms with Crippen LogP contribution in [0.2, 0.25) is 0 Å². The fraction of sp³-hybridized carbons (Fsp3) is 0.462. The molecule has 2 aromatic carbocycles. The molecule has 34 heavy (non-hydrogen) atoms. The molecule has 2 heterocycles. The Morgan fingerprint density at radius 2 is 1.71 bits per heavy atom. The Morgan fingerprint density at radius 3 is 2.44 bits per heavy atom. The molecule has 8 heteroatoms. The van der Waals surface area contributed by atoms with Gasteiger partial charge in [0, 0.05) is 31.7 Å². The third-order valence-electron chi connectivity index (χ3n) is 6.29. The Labute approximate surface area is 200 Å². The number of morpholine rings is 1. The van der Waals surface area contributed by atoms with E-state index in [1.54, 1.807) is 23.1 Å². The lowest BCUT2D eigenvalue weighted by Crippen LogP contribution is -2.43. The highest BCUT2D eigenvalue weighted by Gasteiger charge is 2.19. The number of benzene rings is 2. The van der Waals surface area contributed by atoms with E-state index in [1.807, 2.05) is 12.1 Å². The zero-order valence-corrected chi connectivity index (χ0v) is 19.8. The second-order valence-electron chi connectivity index (χ2n) is 8.58. The van der Waals surface area contributed by atoms with E-state index in [1.165, 1.54) is 25.5 Å². The van der Waals surface area contributed by atoms with Crippen LogP contribution in [0.1, 0.15) is 34.3 Å². The van der Waals surface area contributed by atoms with Gasteiger partial charge in [0.15, 0.2) is 18.1 Å². The first kappa shape index (κ1) is 24.0. The summed E-state index contributed by atoms with van der Waals surface area (Å²) < 4.78 is 16.4. The van der Waals surface area contributed by atoms with Gasteiger partial charge in [0.25, 0.3) is 11.8 Å². The van der Waals surface area contributed by atoms with Gasteiger partial charge in [0.05, 0.1) is 20.3 Å². The monoisotopic (exact) mass is 467 g/mol. The van der Waals surface area contributed by atoms with Gasteiger partial charge in [0.2, 0.25) is 0 Å². The number of likely N-dealkylation sites (tertiary alicyclic amines) is 1. The van der Waals surface area contributed by atoms with Crippen molar-refractivity contribution in [2.75, 3.05) is 53.1 Å². The van der Waals surface area contributed by atoms with Gasteiger partial charge in [-0.25, -0.2) is 0 Å². The summed E-state index contributed by atoms with van der Waals surface area (Å²) in [5.41, 5.74) is 2.84. The van der Waals surface area contributed by atoms with Crippen LogP contribution < -0.4 is 14.8 Å². The van der Waals surface area contributed by atoms with Crippen molar-refractivity contribution in [2.45, 2.75) is 25.9 Å². The molecule has 2 aliphatic heterocycles. The van der Waals surface area contributed by atoms with Gasteiger partial charge < -0.3 is 24.4 Å². The molecular formula is C26H33N3O5. The minimum atomic E-state index is -0.190. The zero-order chi connectivity index (χ0) is 23.8. The molecule has 2 saturated heterocycles. The Kier molecular flexibility index (Phi) is 8.38. The predicted octanol–water partition coefficient (Wildman–Crippen LogP) is 2.46. The minimum absolute atomic E-state index is 0.0876. The maximum absolute atomic E-state index is 12.8. The summed E-state index contributed by atoms with van der Waals surface area (Å²) in [6.45, 7) is 5.77. The minimum Gasteiger partial charge on any atom is -0.493 e. The van der Waals surface area contributed by atoms with E-state index in [9.17, 15) is 9.59 Å². The third kappa shape index (κ3) is 6.27. The third-order valence-corrected chi connectivity index (χ3v) is 6.29. The van der Waals surface area contributed by atoms with Crippen molar-refractivity contribution in [3.63, 3.8) is 0 Å². The molecule has 0 bridgehead atoms. The summed E-state index contributed by atoms with van der Waals surface area (Å²) in [4.78, 5) is 29.3. The first-order valence-corrected chi connectivity index (χ1v) is 11.9. The maximum atomic E-state index is 12.8. The van der Waals surface area contributed by atoms with Crippen molar-refractivity contribution in [1.82, 2.24) is 15.1 Å². The number of rotatable bonds is 9. The van der Waals surface area contributed by atoms with E-state index in [0.29, 0.717) is 49.9 Å². The van der Waals surface area contributed by atoms with E-state index in [-0.39, 0.29) is 18.4 Å². The lowest BCUT2D eigenvalue weighted by atomic mass is 10.1. The van der Waals surface area contributed by atoms with Crippen LogP contribution in [-0.4, -0.2) is 74.7 Å². The molecule has 1 N–H and O–H groups in total. The first-order valence-electron chi connectivity index (χ1n) is 11.9. The molecule has 4 rings (SSSR count). The largest absolute Gasteiger partial charge is 0.493 e. The number of carbonyl (C=O) groups excluding carboxylic acids is 2. The molecule has 182 valence electrons. The van der Waals surface area contributed by atoms with Gasteiger partial charge in [-0.15, -0.1) is 0 Å². The van der Waals surface area contributed by atoms with E-state index in [0.717, 1.165) is 25.2 Å². The van der Waals surface area contributed by atoms with Crippen molar-refractivity contribution in [3.8, 4) is 11.5 Å². The van der Waals surface area contributed by atoms with Crippen LogP contribution in [0, 0.1) is 0 Å². The normalized spacial score (nSPS) is 16.3. The number of methoxy groups -OCH3 is 1. The van der Waals surface area contributed by atoms with Crippen LogP contribution >= 0.6 is 0 Å². The summed E-state index contributed by atoms with van der Waals surface area (Å²) in [5.74, 6) is 0.554. The second-order valence-corrected chi connectivity index (χ2v) is 8.58. The fourth-order valence-electron chi connectivity index (χ4n) is 4.32. The highest BCUT2D eigenvalue weighted by atomic mass is 16.5. The van der Waals surface area contributed by atoms with Crippen molar-refractivity contribution in [3.05, 3.63) is 59.2 Å². The van der Waals surface area contributed by atoms with E-state index in [4.69, 9.17) is 14.2 Å². The second kappa shape index (κ2) is 11.9. The van der Waals surface area contributed by atoms with Crippen LogP contribution in [0.3, 0.4) is 0 Å². The Hall–Kier alpha value is -3.10. The van der Waals surface area contributed by atoms with Crippen LogP contribution in [0.5, 0.6) is 11.5 Å². The number of hydrogen-bond acceptors (Lipinski definition) is 6. The molecule has 8 nitrogen and oxygen atoms in total. The fourth-order valence-corrected chi connectivity index (χ4v) is 4.32. The van der Waals surface area contributed by atoms with Crippen molar-refractivity contribution < 1.29 is 23.8 Å². The molecule has 0 radical (unpaired) electrons. The molecule has 0 unspecified atom stereocenters. The number of hydrogen-bond donors (Lipinski definition) is 1. The van der Waals surface area contributed by atoms with Crippen molar-refractivity contribution >= 4 is 11.8 Å². The molecule has 0 saturated carbocycles. The predicted molar refractivity (Wildman–Crippen MR) is 128 cm³/mol. The number of nitrogens with zero attached hydrogens (tertiary/aromatic N) is 2. The molecular weight excluding hydrogens is 434 g/mol. The van der Waals surface area contributed by atoms with Crippen LogP contribution in [0.25, 0.3) is 0 Å². The van der Waals surface area contributed by atoms with Crippen LogP contribution in [0.4, 0.5) is 0 Å². The van der Waals surface area contributed by atoms with Gasteiger partial charge in [-0.1, -0.05) is 24.3 Å². The SMILES string of the molecule is COc1cc(C(=O)NCc2ccccc2CN2CCCC2)ccc1OCC(=O)N1CCOCC1. The number of nitrogens with one attached hydrogen (secondary N) is 1. The lowest BCUT2D eigenvalue weighted by molar-refractivity contribution is -0.137. The van der Waals surface area contributed by atoms with E-state index < -0.39 is 0 Å². The van der Waals surface area contributed by atoms with Crippen LogP contribution in [-0.2, 0) is 22.6 Å². The van der Waals surface area contributed by atoms with Gasteiger partial charge in [0.1, 0.15) is 0 Å². The molecule has 0 aliphatic carbocycles. The molecule has 2 amide bonds. The van der Waals surface area contributed by atoms with E-state index in [2.05, 4.69) is 22.3 Å². The van der Waals surface area contributed by atoms with Crippen LogP contribution in [0.15, 0.2) is 42.5 Å². The number of carbonyl (C=O) groups is 2. The summed E-state index contributed by atoms with van der Waals surface area (Å²) >= 11 is 0. The topological polar surface area (TPSA) is 80.3 Å². The highest BCUT2D eigenvalue weighted by Crippen LogP contribution is 2.28. The van der Waals surface area contributed by atoms with Gasteiger partial charge in [-0.2, -0.15) is 0 Å². The Balaban J connectivity index is 1.34. The smallest absolute Gasteiger partial charge is 0.260 e. The Morgan fingerprint density at radius 1 is 0.971 bits per heavy atom. The lowest BCUT2D eigenvalue weighted by Gasteiger charge is -2.26. The number of ether oxygens (including phenoxy) is 3. The summed E-state index contributed by atoms with van der Waals surface area (Å²) in [6, 6.07) is 13.2. The maximum Gasteiger partial charge on any atom is 0.260 e. The number of amides is 2. The van der Waals surface area contributed by atoms with Crippen molar-refractivity contribution in [2.24, 2.45) is 0 Å². The van der Waals surface area contributed by atoms with E-state index >= 15 is 0 Å². The van der Waals surface area contributed by atoms with Gasteiger partial charge in [-0.3, -0.25) is 14.5 Å². The molecule has 2 aromatic rings. The molecule has 2 fully saturated rings. The first-order chi connectivity index (χ1) is 16.6. The standard InChI is InChI=1S/C26H33N3O5/c1-32-24-16-20(8-9-23(24)34-19-25(30)29-12-14-33-15-13-29)26(31)27-17-21-6-2-3-7-22(21)18-28-10-4-5-11-28/h2-3,6-9,16H,4-5,10-15,17-19H2,1H3,(H,27,31). The molecule has 0 spiro atoms. The average molecular weight is 468 g/mol. The van der Waals surface area contributed by atoms with Crippen molar-refractivity contribution in [1.29, 1.82) is 0 Å². The molecule has 0 aromatic heterocycles. The average Bonchev–Trinajstić information content (AvgIpc) is 3.40.